The Labute approximate surface area is 114 Å². The van der Waals surface area contributed by atoms with Crippen molar-refractivity contribution in [2.45, 2.75) is 6.42 Å². The van der Waals surface area contributed by atoms with E-state index in [2.05, 4.69) is 4.98 Å². The first-order valence-corrected chi connectivity index (χ1v) is 7.39. The summed E-state index contributed by atoms with van der Waals surface area (Å²) in [4.78, 5) is 27.1. The number of primary sulfonamides is 1. The van der Waals surface area contributed by atoms with Crippen molar-refractivity contribution in [3.05, 3.63) is 28.4 Å². The summed E-state index contributed by atoms with van der Waals surface area (Å²) in [5, 5.41) is 15.6. The largest absolute Gasteiger partial charge is 0.296 e. The van der Waals surface area contributed by atoms with Gasteiger partial charge in [0, 0.05) is 31.1 Å². The van der Waals surface area contributed by atoms with Gasteiger partial charge in [-0.15, -0.1) is 0 Å². The minimum atomic E-state index is -3.67. The number of nitro groups is 1. The summed E-state index contributed by atoms with van der Waals surface area (Å²) in [6, 6.07) is 2.39. The maximum absolute atomic E-state index is 11.8. The molecule has 0 saturated carbocycles. The number of nitrogens with two attached hydrogens (primary N) is 1. The molecule has 2 rings (SSSR count). The highest BCUT2D eigenvalue weighted by atomic mass is 32.2. The molecule has 1 amide bonds. The molecule has 1 aliphatic heterocycles. The molecule has 1 unspecified atom stereocenters. The third kappa shape index (κ3) is 3.27. The molecule has 1 saturated heterocycles. The van der Waals surface area contributed by atoms with Gasteiger partial charge in [-0.3, -0.25) is 19.8 Å². The molecule has 1 aliphatic rings. The lowest BCUT2D eigenvalue weighted by molar-refractivity contribution is -0.384. The Balaban J connectivity index is 2.20. The number of hydrogen-bond acceptors (Lipinski definition) is 6. The third-order valence-corrected chi connectivity index (χ3v) is 3.83. The molecule has 1 aromatic rings. The number of rotatable bonds is 4. The van der Waals surface area contributed by atoms with Crippen molar-refractivity contribution < 1.29 is 18.1 Å². The number of hydrogen-bond donors (Lipinski definition) is 1. The lowest BCUT2D eigenvalue weighted by Crippen LogP contribution is -2.28. The summed E-state index contributed by atoms with van der Waals surface area (Å²) in [6.07, 6.45) is 1.26. The molecular weight excluding hydrogens is 288 g/mol. The van der Waals surface area contributed by atoms with Gasteiger partial charge in [-0.05, 0) is 0 Å². The zero-order chi connectivity index (χ0) is 14.9. The number of anilines is 1. The molecular formula is C10H12N4O5S. The highest BCUT2D eigenvalue weighted by Crippen LogP contribution is 2.26. The van der Waals surface area contributed by atoms with Crippen LogP contribution in [-0.2, 0) is 14.8 Å². The fourth-order valence-electron chi connectivity index (χ4n) is 2.11. The molecule has 10 heteroatoms. The SMILES string of the molecule is NS(=O)(=O)CC1CC(=O)N(c2cc([N+](=O)[O-])ccn2)C1. The van der Waals surface area contributed by atoms with Crippen molar-refractivity contribution >= 4 is 27.4 Å². The predicted octanol–water partition coefficient (Wildman–Crippen LogP) is -0.369. The number of pyridine rings is 1. The zero-order valence-electron chi connectivity index (χ0n) is 10.3. The molecule has 0 bridgehead atoms. The van der Waals surface area contributed by atoms with Gasteiger partial charge in [0.15, 0.2) is 0 Å². The number of carbonyl (C=O) groups is 1. The van der Waals surface area contributed by atoms with Crippen molar-refractivity contribution in [2.24, 2.45) is 11.1 Å². The summed E-state index contributed by atoms with van der Waals surface area (Å²) in [7, 11) is -3.67. The molecule has 1 atom stereocenters. The fraction of sp³-hybridized carbons (Fsp3) is 0.400. The van der Waals surface area contributed by atoms with E-state index in [0.29, 0.717) is 0 Å². The number of carbonyl (C=O) groups excluding carboxylic acids is 1. The van der Waals surface area contributed by atoms with Gasteiger partial charge < -0.3 is 0 Å². The van der Waals surface area contributed by atoms with Gasteiger partial charge in [0.25, 0.3) is 5.69 Å². The second kappa shape index (κ2) is 5.13. The Kier molecular flexibility index (Phi) is 3.68. The maximum atomic E-state index is 11.8. The van der Waals surface area contributed by atoms with Crippen LogP contribution < -0.4 is 10.0 Å². The van der Waals surface area contributed by atoms with Crippen LogP contribution in [0.5, 0.6) is 0 Å². The summed E-state index contributed by atoms with van der Waals surface area (Å²) < 4.78 is 22.0. The van der Waals surface area contributed by atoms with Crippen molar-refractivity contribution in [2.75, 3.05) is 17.2 Å². The van der Waals surface area contributed by atoms with Crippen molar-refractivity contribution in [1.29, 1.82) is 0 Å². The number of nitrogens with zero attached hydrogens (tertiary/aromatic N) is 3. The third-order valence-electron chi connectivity index (χ3n) is 2.89. The summed E-state index contributed by atoms with van der Waals surface area (Å²) in [5.74, 6) is -0.921. The molecule has 108 valence electrons. The van der Waals surface area contributed by atoms with E-state index in [0.717, 1.165) is 0 Å². The van der Waals surface area contributed by atoms with Crippen LogP contribution in [0.25, 0.3) is 0 Å². The van der Waals surface area contributed by atoms with Gasteiger partial charge in [-0.25, -0.2) is 18.5 Å². The molecule has 9 nitrogen and oxygen atoms in total. The van der Waals surface area contributed by atoms with Crippen molar-refractivity contribution in [3.63, 3.8) is 0 Å². The van der Waals surface area contributed by atoms with E-state index < -0.39 is 20.9 Å². The summed E-state index contributed by atoms with van der Waals surface area (Å²) in [6.45, 7) is 0.128. The van der Waals surface area contributed by atoms with Gasteiger partial charge in [-0.2, -0.15) is 0 Å². The number of sulfonamides is 1. The van der Waals surface area contributed by atoms with Crippen LogP contribution in [0.4, 0.5) is 11.5 Å². The second-order valence-electron chi connectivity index (χ2n) is 4.53. The Morgan fingerprint density at radius 1 is 1.55 bits per heavy atom. The zero-order valence-corrected chi connectivity index (χ0v) is 11.1. The fourth-order valence-corrected chi connectivity index (χ4v) is 2.99. The second-order valence-corrected chi connectivity index (χ2v) is 6.19. The highest BCUT2D eigenvalue weighted by molar-refractivity contribution is 7.89. The summed E-state index contributed by atoms with van der Waals surface area (Å²) in [5.41, 5.74) is -0.183. The van der Waals surface area contributed by atoms with Gasteiger partial charge >= 0.3 is 0 Å². The smallest absolute Gasteiger partial charge is 0.274 e. The van der Waals surface area contributed by atoms with Crippen LogP contribution in [0.2, 0.25) is 0 Å². The van der Waals surface area contributed by atoms with Gasteiger partial charge in [-0.1, -0.05) is 0 Å². The molecule has 1 fully saturated rings. The number of amides is 1. The Morgan fingerprint density at radius 2 is 2.25 bits per heavy atom. The average Bonchev–Trinajstić information content (AvgIpc) is 2.68. The van der Waals surface area contributed by atoms with Crippen LogP contribution in [0.15, 0.2) is 18.3 Å². The van der Waals surface area contributed by atoms with E-state index in [1.54, 1.807) is 0 Å². The lowest BCUT2D eigenvalue weighted by Gasteiger charge is -2.14. The molecule has 1 aromatic heterocycles. The van der Waals surface area contributed by atoms with Crippen LogP contribution in [0, 0.1) is 16.0 Å². The molecule has 2 N–H and O–H groups in total. The summed E-state index contributed by atoms with van der Waals surface area (Å²) >= 11 is 0. The van der Waals surface area contributed by atoms with E-state index in [1.807, 2.05) is 0 Å². The molecule has 20 heavy (non-hydrogen) atoms. The Hall–Kier alpha value is -2.07. The topological polar surface area (TPSA) is 136 Å². The Morgan fingerprint density at radius 3 is 2.85 bits per heavy atom. The van der Waals surface area contributed by atoms with Crippen LogP contribution in [-0.4, -0.2) is 36.5 Å². The average molecular weight is 300 g/mol. The minimum absolute atomic E-state index is 0.0286. The first-order valence-electron chi connectivity index (χ1n) is 5.67. The molecule has 0 aromatic carbocycles. The Bertz CT molecular complexity index is 659. The molecule has 0 spiro atoms. The molecule has 0 radical (unpaired) electrons. The number of aromatic nitrogens is 1. The van der Waals surface area contributed by atoms with E-state index in [1.165, 1.54) is 23.2 Å². The quantitative estimate of drug-likeness (QED) is 0.595. The van der Waals surface area contributed by atoms with E-state index >= 15 is 0 Å². The maximum Gasteiger partial charge on any atom is 0.274 e. The minimum Gasteiger partial charge on any atom is -0.296 e. The first kappa shape index (κ1) is 14.3. The highest BCUT2D eigenvalue weighted by Gasteiger charge is 2.33. The van der Waals surface area contributed by atoms with Gasteiger partial charge in [0.1, 0.15) is 5.82 Å². The first-order chi connectivity index (χ1) is 9.26. The van der Waals surface area contributed by atoms with Crippen LogP contribution in [0.3, 0.4) is 0 Å². The van der Waals surface area contributed by atoms with Crippen LogP contribution in [0.1, 0.15) is 6.42 Å². The van der Waals surface area contributed by atoms with Crippen molar-refractivity contribution in [3.8, 4) is 0 Å². The standard InChI is InChI=1S/C10H12N4O5S/c11-20(18,19)6-7-3-10(15)13(5-7)9-4-8(14(16)17)1-2-12-9/h1-2,4,7H,3,5-6H2,(H2,11,18,19). The van der Waals surface area contributed by atoms with E-state index in [-0.39, 0.29) is 36.1 Å². The van der Waals surface area contributed by atoms with Gasteiger partial charge in [0.05, 0.1) is 16.7 Å². The van der Waals surface area contributed by atoms with E-state index in [4.69, 9.17) is 5.14 Å². The molecule has 0 aliphatic carbocycles. The van der Waals surface area contributed by atoms with Crippen LogP contribution >= 0.6 is 0 Å². The normalized spacial score (nSPS) is 19.4. The molecule has 2 heterocycles. The van der Waals surface area contributed by atoms with Gasteiger partial charge in [0.2, 0.25) is 15.9 Å². The predicted molar refractivity (Wildman–Crippen MR) is 69.3 cm³/mol. The monoisotopic (exact) mass is 300 g/mol. The van der Waals surface area contributed by atoms with E-state index in [9.17, 15) is 23.3 Å². The lowest BCUT2D eigenvalue weighted by atomic mass is 10.1. The van der Waals surface area contributed by atoms with Crippen molar-refractivity contribution in [1.82, 2.24) is 4.98 Å².